The van der Waals surface area contributed by atoms with E-state index in [1.54, 1.807) is 55.3 Å². The molecule has 0 saturated heterocycles. The van der Waals surface area contributed by atoms with Gasteiger partial charge >= 0.3 is 0 Å². The highest BCUT2D eigenvalue weighted by Crippen LogP contribution is 2.17. The van der Waals surface area contributed by atoms with E-state index in [9.17, 15) is 18.0 Å². The minimum absolute atomic E-state index is 0.0342. The molecule has 0 aliphatic carbocycles. The zero-order valence-corrected chi connectivity index (χ0v) is 18.2. The quantitative estimate of drug-likeness (QED) is 0.608. The molecular formula is C24H24N2O4S. The third-order valence-corrected chi connectivity index (χ3v) is 6.64. The molecule has 0 spiro atoms. The smallest absolute Gasteiger partial charge is 0.258 e. The first kappa shape index (κ1) is 22.2. The van der Waals surface area contributed by atoms with E-state index in [2.05, 4.69) is 5.32 Å². The molecule has 3 aromatic carbocycles. The second-order valence-corrected chi connectivity index (χ2v) is 9.33. The Morgan fingerprint density at radius 1 is 0.871 bits per heavy atom. The second kappa shape index (κ2) is 9.57. The fourth-order valence-corrected chi connectivity index (χ4v) is 3.91. The van der Waals surface area contributed by atoms with Gasteiger partial charge in [-0.05, 0) is 54.1 Å². The van der Waals surface area contributed by atoms with Crippen LogP contribution >= 0.6 is 0 Å². The average Bonchev–Trinajstić information content (AvgIpc) is 2.79. The third-order valence-electron chi connectivity index (χ3n) is 4.89. The van der Waals surface area contributed by atoms with Gasteiger partial charge in [0, 0.05) is 24.0 Å². The lowest BCUT2D eigenvalue weighted by Gasteiger charge is -2.17. The van der Waals surface area contributed by atoms with Gasteiger partial charge in [0.25, 0.3) is 5.91 Å². The molecule has 0 aliphatic heterocycles. The summed E-state index contributed by atoms with van der Waals surface area (Å²) in [6.45, 7) is 1.59. The lowest BCUT2D eigenvalue weighted by Crippen LogP contribution is -2.26. The van der Waals surface area contributed by atoms with Crippen LogP contribution in [0, 0.1) is 0 Å². The van der Waals surface area contributed by atoms with Crippen LogP contribution in [0.15, 0.2) is 83.8 Å². The Morgan fingerprint density at radius 3 is 2.06 bits per heavy atom. The molecule has 0 fully saturated rings. The van der Waals surface area contributed by atoms with Crippen molar-refractivity contribution >= 4 is 33.0 Å². The van der Waals surface area contributed by atoms with E-state index in [1.165, 1.54) is 12.1 Å². The Morgan fingerprint density at radius 2 is 1.48 bits per heavy atom. The van der Waals surface area contributed by atoms with Crippen LogP contribution in [0.5, 0.6) is 0 Å². The van der Waals surface area contributed by atoms with Crippen molar-refractivity contribution in [1.82, 2.24) is 0 Å². The summed E-state index contributed by atoms with van der Waals surface area (Å²) in [6.07, 6.45) is 0.115. The number of nitrogens with one attached hydrogen (secondary N) is 1. The first-order valence-electron chi connectivity index (χ1n) is 9.85. The number of para-hydroxylation sites is 1. The minimum atomic E-state index is -3.26. The molecule has 0 aliphatic rings. The number of benzene rings is 3. The first-order chi connectivity index (χ1) is 14.8. The van der Waals surface area contributed by atoms with Crippen molar-refractivity contribution in [3.63, 3.8) is 0 Å². The van der Waals surface area contributed by atoms with Gasteiger partial charge in [-0.25, -0.2) is 8.42 Å². The van der Waals surface area contributed by atoms with Crippen LogP contribution in [-0.2, 0) is 21.1 Å². The largest absolute Gasteiger partial charge is 0.326 e. The highest BCUT2D eigenvalue weighted by molar-refractivity contribution is 7.91. The standard InChI is InChI=1S/C24H24N2O4S/c1-3-31(29,30)22-15-9-18(10-16-22)17-23(27)25-20-13-11-19(12-14-20)24(28)26(2)21-7-5-4-6-8-21/h4-16H,3,17H2,1-2H3,(H,25,27). The molecule has 0 saturated carbocycles. The molecule has 0 unspecified atom stereocenters. The lowest BCUT2D eigenvalue weighted by molar-refractivity contribution is -0.115. The number of rotatable bonds is 7. The highest BCUT2D eigenvalue weighted by atomic mass is 32.2. The number of hydrogen-bond donors (Lipinski definition) is 1. The topological polar surface area (TPSA) is 83.5 Å². The van der Waals surface area contributed by atoms with E-state index in [1.807, 2.05) is 30.3 Å². The Hall–Kier alpha value is -3.45. The molecule has 6 nitrogen and oxygen atoms in total. The molecule has 7 heteroatoms. The van der Waals surface area contributed by atoms with Crippen molar-refractivity contribution in [3.05, 3.63) is 90.0 Å². The second-order valence-electron chi connectivity index (χ2n) is 7.05. The zero-order chi connectivity index (χ0) is 22.4. The fourth-order valence-electron chi connectivity index (χ4n) is 3.03. The number of anilines is 2. The Bertz CT molecular complexity index is 1160. The Labute approximate surface area is 182 Å². The van der Waals surface area contributed by atoms with E-state index in [0.717, 1.165) is 5.69 Å². The van der Waals surface area contributed by atoms with Crippen LogP contribution < -0.4 is 10.2 Å². The number of carbonyl (C=O) groups excluding carboxylic acids is 2. The lowest BCUT2D eigenvalue weighted by atomic mass is 10.1. The van der Waals surface area contributed by atoms with Crippen LogP contribution in [0.25, 0.3) is 0 Å². The van der Waals surface area contributed by atoms with Gasteiger partial charge in [-0.1, -0.05) is 37.3 Å². The summed E-state index contributed by atoms with van der Waals surface area (Å²) >= 11 is 0. The van der Waals surface area contributed by atoms with Gasteiger partial charge in [-0.3, -0.25) is 9.59 Å². The van der Waals surface area contributed by atoms with Crippen LogP contribution in [0.3, 0.4) is 0 Å². The molecular weight excluding hydrogens is 412 g/mol. The first-order valence-corrected chi connectivity index (χ1v) is 11.5. The number of hydrogen-bond acceptors (Lipinski definition) is 4. The molecule has 0 aromatic heterocycles. The third kappa shape index (κ3) is 5.58. The van der Waals surface area contributed by atoms with Gasteiger partial charge in [-0.15, -0.1) is 0 Å². The maximum Gasteiger partial charge on any atom is 0.258 e. The SMILES string of the molecule is CCS(=O)(=O)c1ccc(CC(=O)Nc2ccc(C(=O)N(C)c3ccccc3)cc2)cc1. The Balaban J connectivity index is 1.60. The van der Waals surface area contributed by atoms with Crippen LogP contribution in [0.1, 0.15) is 22.8 Å². The summed E-state index contributed by atoms with van der Waals surface area (Å²) in [5.41, 5.74) is 2.60. The van der Waals surface area contributed by atoms with E-state index >= 15 is 0 Å². The number of sulfone groups is 1. The molecule has 31 heavy (non-hydrogen) atoms. The van der Waals surface area contributed by atoms with Gasteiger partial charge in [0.2, 0.25) is 5.91 Å². The van der Waals surface area contributed by atoms with Crippen molar-refractivity contribution in [2.45, 2.75) is 18.2 Å². The van der Waals surface area contributed by atoms with Crippen molar-refractivity contribution in [2.24, 2.45) is 0 Å². The summed E-state index contributed by atoms with van der Waals surface area (Å²) < 4.78 is 23.7. The van der Waals surface area contributed by atoms with E-state index in [4.69, 9.17) is 0 Å². The van der Waals surface area contributed by atoms with Crippen LogP contribution in [0.4, 0.5) is 11.4 Å². The predicted octanol–water partition coefficient (Wildman–Crippen LogP) is 3.94. The molecule has 0 heterocycles. The van der Waals surface area contributed by atoms with E-state index < -0.39 is 9.84 Å². The molecule has 3 rings (SSSR count). The van der Waals surface area contributed by atoms with E-state index in [0.29, 0.717) is 16.8 Å². The monoisotopic (exact) mass is 436 g/mol. The number of carbonyl (C=O) groups is 2. The van der Waals surface area contributed by atoms with Gasteiger partial charge in [0.05, 0.1) is 17.1 Å². The number of amides is 2. The highest BCUT2D eigenvalue weighted by Gasteiger charge is 2.14. The van der Waals surface area contributed by atoms with Crippen LogP contribution in [-0.4, -0.2) is 33.0 Å². The van der Waals surface area contributed by atoms with Crippen LogP contribution in [0.2, 0.25) is 0 Å². The minimum Gasteiger partial charge on any atom is -0.326 e. The maximum atomic E-state index is 12.6. The summed E-state index contributed by atoms with van der Waals surface area (Å²) in [4.78, 5) is 26.8. The molecule has 0 bridgehead atoms. The molecule has 160 valence electrons. The van der Waals surface area contributed by atoms with Gasteiger partial charge in [0.1, 0.15) is 0 Å². The zero-order valence-electron chi connectivity index (χ0n) is 17.4. The molecule has 3 aromatic rings. The van der Waals surface area contributed by atoms with Gasteiger partial charge in [0.15, 0.2) is 9.84 Å². The Kier molecular flexibility index (Phi) is 6.87. The fraction of sp³-hybridized carbons (Fsp3) is 0.167. The summed E-state index contributed by atoms with van der Waals surface area (Å²) in [6, 6.07) is 22.4. The van der Waals surface area contributed by atoms with Crippen molar-refractivity contribution in [3.8, 4) is 0 Å². The average molecular weight is 437 g/mol. The summed E-state index contributed by atoms with van der Waals surface area (Å²) in [7, 11) is -1.55. The van der Waals surface area contributed by atoms with Gasteiger partial charge in [-0.2, -0.15) is 0 Å². The van der Waals surface area contributed by atoms with E-state index in [-0.39, 0.29) is 28.9 Å². The van der Waals surface area contributed by atoms with Crippen molar-refractivity contribution in [1.29, 1.82) is 0 Å². The summed E-state index contributed by atoms with van der Waals surface area (Å²) in [5, 5.41) is 2.79. The van der Waals surface area contributed by atoms with Gasteiger partial charge < -0.3 is 10.2 Å². The van der Waals surface area contributed by atoms with Crippen molar-refractivity contribution < 1.29 is 18.0 Å². The number of nitrogens with zero attached hydrogens (tertiary/aromatic N) is 1. The molecule has 0 atom stereocenters. The molecule has 2 amide bonds. The maximum absolute atomic E-state index is 12.6. The molecule has 1 N–H and O–H groups in total. The molecule has 0 radical (unpaired) electrons. The van der Waals surface area contributed by atoms with Crippen molar-refractivity contribution in [2.75, 3.05) is 23.0 Å². The predicted molar refractivity (Wildman–Crippen MR) is 122 cm³/mol. The summed E-state index contributed by atoms with van der Waals surface area (Å²) in [5.74, 6) is -0.343. The normalized spacial score (nSPS) is 11.0.